The molecule has 3 aromatic rings. The van der Waals surface area contributed by atoms with E-state index in [1.54, 1.807) is 0 Å². The minimum atomic E-state index is -1.81. The van der Waals surface area contributed by atoms with Gasteiger partial charge in [0.25, 0.3) is 0 Å². The van der Waals surface area contributed by atoms with Crippen LogP contribution >= 0.6 is 0 Å². The lowest BCUT2D eigenvalue weighted by Crippen LogP contribution is -2.52. The summed E-state index contributed by atoms with van der Waals surface area (Å²) in [5.41, 5.74) is 3.94. The second kappa shape index (κ2) is 6.25. The van der Waals surface area contributed by atoms with Crippen LogP contribution in [-0.4, -0.2) is 8.07 Å². The summed E-state index contributed by atoms with van der Waals surface area (Å²) < 4.78 is 0. The summed E-state index contributed by atoms with van der Waals surface area (Å²) in [7, 11) is -1.81. The van der Waals surface area contributed by atoms with Gasteiger partial charge < -0.3 is 0 Å². The molecular weight excluding hydrogens is 304 g/mol. The molecule has 0 spiro atoms. The molecule has 0 radical (unpaired) electrons. The van der Waals surface area contributed by atoms with E-state index in [0.29, 0.717) is 11.1 Å². The van der Waals surface area contributed by atoms with Gasteiger partial charge in [-0.2, -0.15) is 0 Å². The van der Waals surface area contributed by atoms with Gasteiger partial charge in [-0.25, -0.2) is 0 Å². The topological polar surface area (TPSA) is 0 Å². The fraction of sp³-hybridized carbons (Fsp3) is 0.130. The second-order valence-corrected chi connectivity index (χ2v) is 11.2. The van der Waals surface area contributed by atoms with Crippen molar-refractivity contribution in [2.75, 3.05) is 0 Å². The maximum Gasteiger partial charge on any atom is 0.106 e. The van der Waals surface area contributed by atoms with Gasteiger partial charge in [-0.05, 0) is 11.1 Å². The summed E-state index contributed by atoms with van der Waals surface area (Å²) in [6.07, 6.45) is 4.93. The molecular formula is C23H22Si. The molecule has 0 aliphatic carbocycles. The Balaban J connectivity index is 1.86. The molecule has 3 aromatic carbocycles. The second-order valence-electron chi connectivity index (χ2n) is 6.81. The van der Waals surface area contributed by atoms with E-state index in [2.05, 4.69) is 110 Å². The van der Waals surface area contributed by atoms with Crippen molar-refractivity contribution in [2.24, 2.45) is 0 Å². The van der Waals surface area contributed by atoms with E-state index in [0.717, 1.165) is 0 Å². The van der Waals surface area contributed by atoms with Crippen LogP contribution in [0.3, 0.4) is 0 Å². The highest BCUT2D eigenvalue weighted by atomic mass is 28.3. The van der Waals surface area contributed by atoms with Crippen LogP contribution in [0.15, 0.2) is 103 Å². The minimum absolute atomic E-state index is 0.520. The molecule has 0 nitrogen and oxygen atoms in total. The van der Waals surface area contributed by atoms with Gasteiger partial charge in [0.05, 0.1) is 0 Å². The van der Waals surface area contributed by atoms with E-state index in [4.69, 9.17) is 0 Å². The standard InChI is InChI=1S/C23H22Si/c1-24(21-15-9-4-10-16-21)22(19-11-5-2-6-12-19)17-18-23(24)20-13-7-3-8-14-20/h2-18,22-23H,1H3/t22-,23-/m0/s1. The Morgan fingerprint density at radius 1 is 0.542 bits per heavy atom. The van der Waals surface area contributed by atoms with Crippen molar-refractivity contribution in [2.45, 2.75) is 17.6 Å². The highest BCUT2D eigenvalue weighted by Gasteiger charge is 2.47. The molecule has 1 heteroatoms. The van der Waals surface area contributed by atoms with Gasteiger partial charge in [0, 0.05) is 11.1 Å². The molecule has 2 atom stereocenters. The van der Waals surface area contributed by atoms with E-state index in [-0.39, 0.29) is 0 Å². The monoisotopic (exact) mass is 326 g/mol. The maximum absolute atomic E-state index is 2.55. The molecule has 24 heavy (non-hydrogen) atoms. The number of hydrogen-bond donors (Lipinski definition) is 0. The van der Waals surface area contributed by atoms with Crippen LogP contribution in [-0.2, 0) is 0 Å². The molecule has 0 unspecified atom stereocenters. The minimum Gasteiger partial charge on any atom is -0.0830 e. The van der Waals surface area contributed by atoms with Crippen molar-refractivity contribution in [3.8, 4) is 0 Å². The van der Waals surface area contributed by atoms with Crippen LogP contribution in [0.25, 0.3) is 0 Å². The van der Waals surface area contributed by atoms with Gasteiger partial charge in [0.15, 0.2) is 0 Å². The lowest BCUT2D eigenvalue weighted by molar-refractivity contribution is 1.11. The van der Waals surface area contributed by atoms with Crippen molar-refractivity contribution in [1.82, 2.24) is 0 Å². The Kier molecular flexibility index (Phi) is 3.95. The highest BCUT2D eigenvalue weighted by Crippen LogP contribution is 2.44. The van der Waals surface area contributed by atoms with E-state index >= 15 is 0 Å². The molecule has 0 saturated carbocycles. The molecule has 0 fully saturated rings. The molecule has 4 rings (SSSR count). The Morgan fingerprint density at radius 2 is 0.917 bits per heavy atom. The lowest BCUT2D eigenvalue weighted by atomic mass is 10.1. The average Bonchev–Trinajstić information content (AvgIpc) is 3.02. The largest absolute Gasteiger partial charge is 0.106 e. The first-order chi connectivity index (χ1) is 11.8. The van der Waals surface area contributed by atoms with Crippen LogP contribution in [0.4, 0.5) is 0 Å². The fourth-order valence-electron chi connectivity index (χ4n) is 4.21. The average molecular weight is 327 g/mol. The SMILES string of the molecule is C[Si]1(c2ccccc2)[C@H](c2ccccc2)C=C[C@H]1c1ccccc1. The summed E-state index contributed by atoms with van der Waals surface area (Å²) in [5.74, 6) is 0. The van der Waals surface area contributed by atoms with Gasteiger partial charge in [-0.3, -0.25) is 0 Å². The van der Waals surface area contributed by atoms with Crippen molar-refractivity contribution in [3.63, 3.8) is 0 Å². The summed E-state index contributed by atoms with van der Waals surface area (Å²) in [6.45, 7) is 2.55. The number of allylic oxidation sites excluding steroid dienone is 2. The molecule has 0 amide bonds. The summed E-state index contributed by atoms with van der Waals surface area (Å²) in [5, 5.41) is 1.54. The lowest BCUT2D eigenvalue weighted by Gasteiger charge is -2.36. The normalized spacial score (nSPS) is 21.7. The first-order valence-corrected chi connectivity index (χ1v) is 11.3. The molecule has 118 valence electrons. The van der Waals surface area contributed by atoms with E-state index in [1.165, 1.54) is 16.3 Å². The van der Waals surface area contributed by atoms with Crippen molar-refractivity contribution in [3.05, 3.63) is 114 Å². The zero-order valence-corrected chi connectivity index (χ0v) is 15.0. The summed E-state index contributed by atoms with van der Waals surface area (Å²) in [4.78, 5) is 0. The van der Waals surface area contributed by atoms with Crippen molar-refractivity contribution < 1.29 is 0 Å². The van der Waals surface area contributed by atoms with E-state index in [1.807, 2.05) is 0 Å². The van der Waals surface area contributed by atoms with Gasteiger partial charge in [0.1, 0.15) is 8.07 Å². The molecule has 1 aliphatic heterocycles. The molecule has 1 aliphatic rings. The Bertz CT molecular complexity index is 772. The van der Waals surface area contributed by atoms with Crippen LogP contribution in [0, 0.1) is 0 Å². The third-order valence-corrected chi connectivity index (χ3v) is 10.7. The first kappa shape index (κ1) is 15.2. The van der Waals surface area contributed by atoms with Crippen LogP contribution in [0.2, 0.25) is 6.55 Å². The number of benzene rings is 3. The number of rotatable bonds is 3. The van der Waals surface area contributed by atoms with Gasteiger partial charge in [-0.1, -0.05) is 115 Å². The predicted octanol–water partition coefficient (Wildman–Crippen LogP) is 5.19. The van der Waals surface area contributed by atoms with Gasteiger partial charge in [0.2, 0.25) is 0 Å². The van der Waals surface area contributed by atoms with Crippen molar-refractivity contribution in [1.29, 1.82) is 0 Å². The van der Waals surface area contributed by atoms with Gasteiger partial charge in [-0.15, -0.1) is 0 Å². The van der Waals surface area contributed by atoms with Crippen LogP contribution in [0.1, 0.15) is 22.2 Å². The number of hydrogen-bond acceptors (Lipinski definition) is 0. The third-order valence-electron chi connectivity index (χ3n) is 5.50. The Hall–Kier alpha value is -2.38. The van der Waals surface area contributed by atoms with Crippen molar-refractivity contribution >= 4 is 13.3 Å². The van der Waals surface area contributed by atoms with Crippen LogP contribution in [0.5, 0.6) is 0 Å². The molecule has 1 heterocycles. The molecule has 0 aromatic heterocycles. The van der Waals surface area contributed by atoms with E-state index < -0.39 is 8.07 Å². The zero-order chi connectivity index (χ0) is 16.4. The zero-order valence-electron chi connectivity index (χ0n) is 14.0. The Labute approximate surface area is 145 Å². The maximum atomic E-state index is 2.55. The predicted molar refractivity (Wildman–Crippen MR) is 105 cm³/mol. The molecule has 0 N–H and O–H groups in total. The van der Waals surface area contributed by atoms with Crippen LogP contribution < -0.4 is 5.19 Å². The molecule has 0 bridgehead atoms. The quantitative estimate of drug-likeness (QED) is 0.459. The molecule has 0 saturated heterocycles. The highest BCUT2D eigenvalue weighted by molar-refractivity contribution is 6.94. The Morgan fingerprint density at radius 3 is 1.33 bits per heavy atom. The summed E-state index contributed by atoms with van der Waals surface area (Å²) >= 11 is 0. The smallest absolute Gasteiger partial charge is 0.0830 e. The third kappa shape index (κ3) is 2.46. The summed E-state index contributed by atoms with van der Waals surface area (Å²) in [6, 6.07) is 33.2. The van der Waals surface area contributed by atoms with Gasteiger partial charge >= 0.3 is 0 Å². The fourth-order valence-corrected chi connectivity index (χ4v) is 9.01. The first-order valence-electron chi connectivity index (χ1n) is 8.64. The van der Waals surface area contributed by atoms with E-state index in [9.17, 15) is 0 Å².